The number of benzene rings is 2. The largest absolute Gasteiger partial charge is 0.384 e. The van der Waals surface area contributed by atoms with Crippen molar-refractivity contribution in [1.29, 1.82) is 0 Å². The lowest BCUT2D eigenvalue weighted by Gasteiger charge is -2.17. The number of aliphatic hydroxyl groups excluding tert-OH is 1. The van der Waals surface area contributed by atoms with Crippen LogP contribution in [0.4, 0.5) is 0 Å². The maximum absolute atomic E-state index is 10.7. The predicted molar refractivity (Wildman–Crippen MR) is 85.2 cm³/mol. The number of hydrogen-bond donors (Lipinski definition) is 1. The summed E-state index contributed by atoms with van der Waals surface area (Å²) in [6.45, 7) is 8.45. The molecule has 0 aliphatic rings. The normalized spacial score (nSPS) is 12.4. The summed E-state index contributed by atoms with van der Waals surface area (Å²) in [5, 5.41) is 10.7. The van der Waals surface area contributed by atoms with E-state index in [0.717, 1.165) is 29.5 Å². The maximum atomic E-state index is 10.7. The van der Waals surface area contributed by atoms with Crippen molar-refractivity contribution in [2.45, 2.75) is 46.6 Å². The van der Waals surface area contributed by atoms with Crippen LogP contribution in [-0.2, 0) is 6.42 Å². The molecule has 0 aliphatic heterocycles. The highest BCUT2D eigenvalue weighted by Gasteiger charge is 2.14. The quantitative estimate of drug-likeness (QED) is 0.856. The van der Waals surface area contributed by atoms with Crippen molar-refractivity contribution in [3.63, 3.8) is 0 Å². The van der Waals surface area contributed by atoms with Gasteiger partial charge < -0.3 is 5.11 Å². The van der Waals surface area contributed by atoms with E-state index in [4.69, 9.17) is 0 Å². The first kappa shape index (κ1) is 14.8. The molecule has 1 atom stereocenters. The second kappa shape index (κ2) is 6.23. The third kappa shape index (κ3) is 3.10. The van der Waals surface area contributed by atoms with Crippen molar-refractivity contribution in [3.8, 4) is 0 Å². The zero-order chi connectivity index (χ0) is 14.7. The van der Waals surface area contributed by atoms with E-state index in [9.17, 15) is 5.11 Å². The molecule has 0 aromatic heterocycles. The number of aliphatic hydroxyl groups is 1. The highest BCUT2D eigenvalue weighted by atomic mass is 16.3. The van der Waals surface area contributed by atoms with Gasteiger partial charge in [0.25, 0.3) is 0 Å². The molecule has 0 saturated heterocycles. The van der Waals surface area contributed by atoms with Crippen LogP contribution in [-0.4, -0.2) is 5.11 Å². The van der Waals surface area contributed by atoms with E-state index < -0.39 is 6.10 Å². The lowest BCUT2D eigenvalue weighted by atomic mass is 9.92. The van der Waals surface area contributed by atoms with E-state index in [0.29, 0.717) is 0 Å². The van der Waals surface area contributed by atoms with Gasteiger partial charge >= 0.3 is 0 Å². The molecule has 0 saturated carbocycles. The fourth-order valence-electron chi connectivity index (χ4n) is 2.66. The summed E-state index contributed by atoms with van der Waals surface area (Å²) in [5.74, 6) is 0. The average Bonchev–Trinajstić information content (AvgIpc) is 2.43. The fourth-order valence-corrected chi connectivity index (χ4v) is 2.66. The van der Waals surface area contributed by atoms with Gasteiger partial charge in [0, 0.05) is 0 Å². The average molecular weight is 268 g/mol. The molecule has 1 nitrogen and oxygen atoms in total. The van der Waals surface area contributed by atoms with E-state index in [1.165, 1.54) is 16.7 Å². The van der Waals surface area contributed by atoms with Crippen molar-refractivity contribution in [3.05, 3.63) is 69.8 Å². The van der Waals surface area contributed by atoms with Gasteiger partial charge in [0.15, 0.2) is 0 Å². The van der Waals surface area contributed by atoms with Gasteiger partial charge in [-0.25, -0.2) is 0 Å². The van der Waals surface area contributed by atoms with Crippen LogP contribution in [0.3, 0.4) is 0 Å². The van der Waals surface area contributed by atoms with Crippen molar-refractivity contribution in [1.82, 2.24) is 0 Å². The molecule has 20 heavy (non-hydrogen) atoms. The predicted octanol–water partition coefficient (Wildman–Crippen LogP) is 4.65. The van der Waals surface area contributed by atoms with E-state index in [2.05, 4.69) is 52.0 Å². The van der Waals surface area contributed by atoms with Gasteiger partial charge in [-0.1, -0.05) is 49.7 Å². The van der Waals surface area contributed by atoms with Gasteiger partial charge in [0.1, 0.15) is 6.10 Å². The zero-order valence-electron chi connectivity index (χ0n) is 12.9. The molecular formula is C19H24O. The van der Waals surface area contributed by atoms with Crippen LogP contribution in [0.15, 0.2) is 36.4 Å². The molecule has 1 N–H and O–H groups in total. The molecule has 0 radical (unpaired) electrons. The minimum atomic E-state index is -0.536. The molecule has 0 heterocycles. The van der Waals surface area contributed by atoms with E-state index in [1.807, 2.05) is 12.1 Å². The molecule has 1 unspecified atom stereocenters. The van der Waals surface area contributed by atoms with E-state index >= 15 is 0 Å². The third-order valence-corrected chi connectivity index (χ3v) is 3.98. The van der Waals surface area contributed by atoms with Gasteiger partial charge in [0.05, 0.1) is 0 Å². The van der Waals surface area contributed by atoms with Crippen LogP contribution < -0.4 is 0 Å². The highest BCUT2D eigenvalue weighted by molar-refractivity contribution is 5.42. The second-order valence-corrected chi connectivity index (χ2v) is 5.69. The summed E-state index contributed by atoms with van der Waals surface area (Å²) >= 11 is 0. The molecule has 2 aromatic carbocycles. The monoisotopic (exact) mass is 268 g/mol. The van der Waals surface area contributed by atoms with E-state index in [1.54, 1.807) is 0 Å². The Balaban J connectivity index is 2.38. The maximum Gasteiger partial charge on any atom is 0.104 e. The highest BCUT2D eigenvalue weighted by Crippen LogP contribution is 2.27. The van der Waals surface area contributed by atoms with Crippen LogP contribution in [0.5, 0.6) is 0 Å². The van der Waals surface area contributed by atoms with Crippen LogP contribution in [0.25, 0.3) is 0 Å². The van der Waals surface area contributed by atoms with Crippen LogP contribution in [0, 0.1) is 20.8 Å². The lowest BCUT2D eigenvalue weighted by molar-refractivity contribution is 0.219. The molecule has 0 spiro atoms. The summed E-state index contributed by atoms with van der Waals surface area (Å²) in [7, 11) is 0. The molecule has 106 valence electrons. The molecule has 1 heteroatoms. The first-order valence-electron chi connectivity index (χ1n) is 7.37. The Morgan fingerprint density at radius 3 is 2.35 bits per heavy atom. The first-order valence-corrected chi connectivity index (χ1v) is 7.37. The zero-order valence-corrected chi connectivity index (χ0v) is 12.9. The van der Waals surface area contributed by atoms with Crippen LogP contribution >= 0.6 is 0 Å². The standard InChI is InChI=1S/C19H24O/c1-5-7-16-8-6-9-17(12-16)19(20)18-11-14(3)13(2)10-15(18)4/h6,8-12,19-20H,5,7H2,1-4H3. The summed E-state index contributed by atoms with van der Waals surface area (Å²) in [4.78, 5) is 0. The smallest absolute Gasteiger partial charge is 0.104 e. The van der Waals surface area contributed by atoms with Gasteiger partial charge in [-0.2, -0.15) is 0 Å². The Bertz CT molecular complexity index is 599. The summed E-state index contributed by atoms with van der Waals surface area (Å²) in [5.41, 5.74) is 6.96. The second-order valence-electron chi connectivity index (χ2n) is 5.69. The van der Waals surface area contributed by atoms with Gasteiger partial charge in [-0.05, 0) is 60.6 Å². The van der Waals surface area contributed by atoms with Gasteiger partial charge in [-0.15, -0.1) is 0 Å². The minimum Gasteiger partial charge on any atom is -0.384 e. The van der Waals surface area contributed by atoms with Crippen molar-refractivity contribution in [2.75, 3.05) is 0 Å². The number of hydrogen-bond acceptors (Lipinski definition) is 1. The molecule has 2 aromatic rings. The molecule has 2 rings (SSSR count). The fraction of sp³-hybridized carbons (Fsp3) is 0.368. The Kier molecular flexibility index (Phi) is 4.61. The van der Waals surface area contributed by atoms with Crippen molar-refractivity contribution < 1.29 is 5.11 Å². The Hall–Kier alpha value is -1.60. The van der Waals surface area contributed by atoms with Gasteiger partial charge in [0.2, 0.25) is 0 Å². The number of aryl methyl sites for hydroxylation is 4. The van der Waals surface area contributed by atoms with Crippen molar-refractivity contribution in [2.24, 2.45) is 0 Å². The van der Waals surface area contributed by atoms with Crippen LogP contribution in [0.1, 0.15) is 52.8 Å². The topological polar surface area (TPSA) is 20.2 Å². The third-order valence-electron chi connectivity index (χ3n) is 3.98. The molecule has 0 bridgehead atoms. The SMILES string of the molecule is CCCc1cccc(C(O)c2cc(C)c(C)cc2C)c1. The summed E-state index contributed by atoms with van der Waals surface area (Å²) in [6, 6.07) is 12.6. The van der Waals surface area contributed by atoms with Crippen molar-refractivity contribution >= 4 is 0 Å². The van der Waals surface area contributed by atoms with Gasteiger partial charge in [-0.3, -0.25) is 0 Å². The number of rotatable bonds is 4. The summed E-state index contributed by atoms with van der Waals surface area (Å²) in [6.07, 6.45) is 1.65. The Morgan fingerprint density at radius 1 is 0.950 bits per heavy atom. The molecule has 0 fully saturated rings. The molecule has 0 amide bonds. The van der Waals surface area contributed by atoms with E-state index in [-0.39, 0.29) is 0 Å². The lowest BCUT2D eigenvalue weighted by Crippen LogP contribution is -2.04. The Morgan fingerprint density at radius 2 is 1.65 bits per heavy atom. The minimum absolute atomic E-state index is 0.536. The first-order chi connectivity index (χ1) is 9.52. The van der Waals surface area contributed by atoms with Crippen LogP contribution in [0.2, 0.25) is 0 Å². The molecular weight excluding hydrogens is 244 g/mol. The Labute approximate surface area is 122 Å². The summed E-state index contributed by atoms with van der Waals surface area (Å²) < 4.78 is 0. The molecule has 0 aliphatic carbocycles.